The SMILES string of the molecule is O=C1OC(c2ccccc2)CN1c1ccnc(N(C(=O)OCC(Cl)(Cl)Cl)C(=O)OCC(Cl)(Cl)Cl)c1. The molecule has 0 radical (unpaired) electrons. The zero-order valence-corrected chi connectivity index (χ0v) is 21.9. The Bertz CT molecular complexity index is 1050. The quantitative estimate of drug-likeness (QED) is 0.280. The lowest BCUT2D eigenvalue weighted by molar-refractivity contribution is 0.136. The van der Waals surface area contributed by atoms with Gasteiger partial charge in [0.15, 0.2) is 5.82 Å². The minimum atomic E-state index is -1.95. The predicted octanol–water partition coefficient (Wildman–Crippen LogP) is 6.60. The molecule has 1 aromatic carbocycles. The van der Waals surface area contributed by atoms with Gasteiger partial charge < -0.3 is 14.2 Å². The molecule has 1 aliphatic heterocycles. The molecule has 1 aromatic heterocycles. The van der Waals surface area contributed by atoms with Crippen LogP contribution in [0.3, 0.4) is 0 Å². The zero-order chi connectivity index (χ0) is 25.8. The third-order valence-electron chi connectivity index (χ3n) is 4.34. The first-order valence-corrected chi connectivity index (χ1v) is 11.9. The van der Waals surface area contributed by atoms with Gasteiger partial charge in [-0.2, -0.15) is 4.90 Å². The van der Waals surface area contributed by atoms with E-state index in [4.69, 9.17) is 83.8 Å². The summed E-state index contributed by atoms with van der Waals surface area (Å²) in [5.41, 5.74) is 1.07. The van der Waals surface area contributed by atoms with Crippen LogP contribution in [0.15, 0.2) is 48.7 Å². The van der Waals surface area contributed by atoms with E-state index >= 15 is 0 Å². The van der Waals surface area contributed by atoms with Gasteiger partial charge >= 0.3 is 18.3 Å². The highest BCUT2D eigenvalue weighted by Crippen LogP contribution is 2.32. The third-order valence-corrected chi connectivity index (χ3v) is 4.99. The molecule has 15 heteroatoms. The monoisotopic (exact) mass is 603 g/mol. The van der Waals surface area contributed by atoms with E-state index < -0.39 is 45.2 Å². The maximum Gasteiger partial charge on any atom is 0.425 e. The molecule has 1 aliphatic rings. The molecular weight excluding hydrogens is 591 g/mol. The molecule has 9 nitrogen and oxygen atoms in total. The highest BCUT2D eigenvalue weighted by atomic mass is 35.6. The molecule has 0 spiro atoms. The van der Waals surface area contributed by atoms with Crippen LogP contribution in [0.4, 0.5) is 25.9 Å². The van der Waals surface area contributed by atoms with E-state index in [0.29, 0.717) is 4.90 Å². The van der Waals surface area contributed by atoms with Crippen molar-refractivity contribution in [1.29, 1.82) is 0 Å². The molecule has 1 saturated heterocycles. The van der Waals surface area contributed by atoms with E-state index in [-0.39, 0.29) is 18.1 Å². The molecule has 0 N–H and O–H groups in total. The predicted molar refractivity (Wildman–Crippen MR) is 133 cm³/mol. The number of hydrogen-bond donors (Lipinski definition) is 0. The Balaban J connectivity index is 1.86. The number of carbonyl (C=O) groups is 3. The number of carbonyl (C=O) groups excluding carboxylic acids is 3. The number of nitrogens with zero attached hydrogens (tertiary/aromatic N) is 3. The molecule has 1 fully saturated rings. The van der Waals surface area contributed by atoms with Crippen molar-refractivity contribution in [2.24, 2.45) is 0 Å². The van der Waals surface area contributed by atoms with Gasteiger partial charge in [0.05, 0.1) is 12.2 Å². The average molecular weight is 606 g/mol. The minimum absolute atomic E-state index is 0.168. The largest absolute Gasteiger partial charge is 0.444 e. The van der Waals surface area contributed by atoms with Crippen LogP contribution in [0, 0.1) is 0 Å². The first kappa shape index (κ1) is 27.7. The van der Waals surface area contributed by atoms with E-state index in [0.717, 1.165) is 5.56 Å². The zero-order valence-electron chi connectivity index (χ0n) is 17.4. The molecule has 0 bridgehead atoms. The summed E-state index contributed by atoms with van der Waals surface area (Å²) in [6.45, 7) is -1.22. The summed E-state index contributed by atoms with van der Waals surface area (Å²) in [6, 6.07) is 11.9. The van der Waals surface area contributed by atoms with Crippen LogP contribution in [-0.4, -0.2) is 50.6 Å². The Morgan fingerprint density at radius 3 is 2.11 bits per heavy atom. The molecule has 3 amide bonds. The van der Waals surface area contributed by atoms with E-state index in [9.17, 15) is 14.4 Å². The number of halogens is 6. The Morgan fingerprint density at radius 1 is 1.00 bits per heavy atom. The van der Waals surface area contributed by atoms with Crippen molar-refractivity contribution in [3.05, 3.63) is 54.2 Å². The second-order valence-electron chi connectivity index (χ2n) is 6.94. The van der Waals surface area contributed by atoms with Crippen molar-refractivity contribution in [3.8, 4) is 0 Å². The highest BCUT2D eigenvalue weighted by molar-refractivity contribution is 6.68. The third kappa shape index (κ3) is 8.06. The number of amides is 3. The fourth-order valence-electron chi connectivity index (χ4n) is 2.89. The van der Waals surface area contributed by atoms with Gasteiger partial charge in [-0.1, -0.05) is 99.9 Å². The van der Waals surface area contributed by atoms with E-state index in [1.165, 1.54) is 23.2 Å². The van der Waals surface area contributed by atoms with Crippen LogP contribution >= 0.6 is 69.6 Å². The van der Waals surface area contributed by atoms with Crippen molar-refractivity contribution in [2.45, 2.75) is 13.7 Å². The van der Waals surface area contributed by atoms with Gasteiger partial charge in [-0.15, -0.1) is 0 Å². The Kier molecular flexibility index (Phi) is 9.06. The maximum absolute atomic E-state index is 12.7. The summed E-state index contributed by atoms with van der Waals surface area (Å²) >= 11 is 33.7. The molecule has 2 aromatic rings. The topological polar surface area (TPSA) is 98.3 Å². The highest BCUT2D eigenvalue weighted by Gasteiger charge is 2.36. The standard InChI is InChI=1S/C20H15Cl6N3O6/c21-19(22,23)10-33-17(31)29(18(32)34-11-20(24,25)26)15-8-13(6-7-27-15)28-9-14(35-16(28)30)12-4-2-1-3-5-12/h1-8,14H,9-11H2. The number of anilines is 2. The number of pyridine rings is 1. The average Bonchev–Trinajstić information content (AvgIpc) is 3.18. The molecule has 2 heterocycles. The number of hydrogen-bond acceptors (Lipinski definition) is 7. The van der Waals surface area contributed by atoms with Gasteiger partial charge in [-0.05, 0) is 11.6 Å². The summed E-state index contributed by atoms with van der Waals surface area (Å²) in [4.78, 5) is 43.6. The number of rotatable bonds is 5. The van der Waals surface area contributed by atoms with Crippen LogP contribution in [0.25, 0.3) is 0 Å². The molecule has 1 atom stereocenters. The smallest absolute Gasteiger partial charge is 0.425 e. The molecular formula is C20H15Cl6N3O6. The Morgan fingerprint density at radius 2 is 1.57 bits per heavy atom. The lowest BCUT2D eigenvalue weighted by Gasteiger charge is -2.22. The van der Waals surface area contributed by atoms with Crippen molar-refractivity contribution < 1.29 is 28.6 Å². The van der Waals surface area contributed by atoms with Gasteiger partial charge in [0.1, 0.15) is 19.3 Å². The second kappa shape index (κ2) is 11.5. The van der Waals surface area contributed by atoms with Gasteiger partial charge in [0, 0.05) is 12.3 Å². The molecule has 0 aliphatic carbocycles. The Labute approximate surface area is 229 Å². The van der Waals surface area contributed by atoms with Gasteiger partial charge in [-0.25, -0.2) is 19.4 Å². The fraction of sp³-hybridized carbons (Fsp3) is 0.300. The van der Waals surface area contributed by atoms with Crippen molar-refractivity contribution in [2.75, 3.05) is 29.6 Å². The molecule has 0 saturated carbocycles. The van der Waals surface area contributed by atoms with Crippen LogP contribution in [-0.2, 0) is 14.2 Å². The van der Waals surface area contributed by atoms with Gasteiger partial charge in [-0.3, -0.25) is 4.90 Å². The second-order valence-corrected chi connectivity index (χ2v) is 12.0. The summed E-state index contributed by atoms with van der Waals surface area (Å²) in [5, 5.41) is 0. The van der Waals surface area contributed by atoms with Crippen molar-refractivity contribution >= 4 is 99.4 Å². The van der Waals surface area contributed by atoms with Crippen LogP contribution in [0.5, 0.6) is 0 Å². The van der Waals surface area contributed by atoms with E-state index in [2.05, 4.69) is 4.98 Å². The van der Waals surface area contributed by atoms with Crippen LogP contribution in [0.1, 0.15) is 11.7 Å². The summed E-state index contributed by atoms with van der Waals surface area (Å²) in [6.07, 6.45) is -2.49. The minimum Gasteiger partial charge on any atom is -0.444 e. The summed E-state index contributed by atoms with van der Waals surface area (Å²) in [5.74, 6) is -0.276. The van der Waals surface area contributed by atoms with E-state index in [1.54, 1.807) is 0 Å². The molecule has 35 heavy (non-hydrogen) atoms. The normalized spacial score (nSPS) is 16.0. The molecule has 188 valence electrons. The summed E-state index contributed by atoms with van der Waals surface area (Å²) < 4.78 is 11.3. The molecule has 3 rings (SSSR count). The number of ether oxygens (including phenoxy) is 3. The molecule has 1 unspecified atom stereocenters. The number of aromatic nitrogens is 1. The van der Waals surface area contributed by atoms with Gasteiger partial charge in [0.2, 0.25) is 7.59 Å². The number of benzene rings is 1. The van der Waals surface area contributed by atoms with Crippen molar-refractivity contribution in [1.82, 2.24) is 4.98 Å². The number of imide groups is 1. The first-order chi connectivity index (χ1) is 16.3. The van der Waals surface area contributed by atoms with E-state index in [1.807, 2.05) is 30.3 Å². The Hall–Kier alpha value is -1.88. The fourth-order valence-corrected chi connectivity index (χ4v) is 3.22. The number of alkyl halides is 6. The maximum atomic E-state index is 12.7. The number of cyclic esters (lactones) is 1. The first-order valence-electron chi connectivity index (χ1n) is 9.60. The lowest BCUT2D eigenvalue weighted by Crippen LogP contribution is -2.40. The van der Waals surface area contributed by atoms with Crippen LogP contribution in [0.2, 0.25) is 0 Å². The van der Waals surface area contributed by atoms with Gasteiger partial charge in [0.25, 0.3) is 0 Å². The van der Waals surface area contributed by atoms with Crippen LogP contribution < -0.4 is 9.80 Å². The van der Waals surface area contributed by atoms with Crippen molar-refractivity contribution in [3.63, 3.8) is 0 Å². The summed E-state index contributed by atoms with van der Waals surface area (Å²) in [7, 11) is 0. The lowest BCUT2D eigenvalue weighted by atomic mass is 10.1.